The Labute approximate surface area is 89.1 Å². The predicted molar refractivity (Wildman–Crippen MR) is 60.0 cm³/mol. The van der Waals surface area contributed by atoms with E-state index in [1.807, 2.05) is 0 Å². The summed E-state index contributed by atoms with van der Waals surface area (Å²) in [6.45, 7) is 8.59. The van der Waals surface area contributed by atoms with Crippen LogP contribution in [0.3, 0.4) is 0 Å². The van der Waals surface area contributed by atoms with Gasteiger partial charge in [-0.05, 0) is 0 Å². The molecule has 1 heterocycles. The number of hydrogen-bond donors (Lipinski definition) is 2. The first-order chi connectivity index (χ1) is 7.27. The zero-order valence-electron chi connectivity index (χ0n) is 8.61. The van der Waals surface area contributed by atoms with Crippen molar-refractivity contribution in [2.75, 3.05) is 12.3 Å². The summed E-state index contributed by atoms with van der Waals surface area (Å²) >= 11 is 0. The molecule has 5 nitrogen and oxygen atoms in total. The van der Waals surface area contributed by atoms with Gasteiger partial charge in [-0.25, -0.2) is 4.98 Å². The highest BCUT2D eigenvalue weighted by Crippen LogP contribution is 2.04. The van der Waals surface area contributed by atoms with Crippen LogP contribution in [0, 0.1) is 0 Å². The summed E-state index contributed by atoms with van der Waals surface area (Å²) in [5.41, 5.74) is 7.08. The average Bonchev–Trinajstić information content (AvgIpc) is 2.22. The van der Waals surface area contributed by atoms with E-state index in [4.69, 9.17) is 5.73 Å². The van der Waals surface area contributed by atoms with Gasteiger partial charge >= 0.3 is 0 Å². The van der Waals surface area contributed by atoms with E-state index in [0.717, 1.165) is 17.9 Å². The van der Waals surface area contributed by atoms with Gasteiger partial charge in [0.25, 0.3) is 0 Å². The van der Waals surface area contributed by atoms with Gasteiger partial charge in [-0.15, -0.1) is 23.4 Å². The van der Waals surface area contributed by atoms with Crippen LogP contribution >= 0.6 is 0 Å². The fraction of sp³-hybridized carbons (Fsp3) is 0.300. The van der Waals surface area contributed by atoms with Gasteiger partial charge in [0, 0.05) is 19.5 Å². The highest BCUT2D eigenvalue weighted by atomic mass is 15.2. The minimum atomic E-state index is 0.193. The number of nitrogens with one attached hydrogen (secondary N) is 1. The number of anilines is 1. The van der Waals surface area contributed by atoms with E-state index in [9.17, 15) is 0 Å². The third kappa shape index (κ3) is 3.47. The lowest BCUT2D eigenvalue weighted by Crippen LogP contribution is -2.17. The van der Waals surface area contributed by atoms with Crippen molar-refractivity contribution in [1.82, 2.24) is 20.5 Å². The Morgan fingerprint density at radius 1 is 1.20 bits per heavy atom. The van der Waals surface area contributed by atoms with Gasteiger partial charge in [0.15, 0.2) is 0 Å². The van der Waals surface area contributed by atoms with Crippen molar-refractivity contribution in [3.05, 3.63) is 36.7 Å². The highest BCUT2D eigenvalue weighted by Gasteiger charge is 2.05. The fourth-order valence-corrected chi connectivity index (χ4v) is 1.12. The van der Waals surface area contributed by atoms with E-state index >= 15 is 0 Å². The number of hydrogen-bond acceptors (Lipinski definition) is 5. The maximum atomic E-state index is 5.47. The maximum Gasteiger partial charge on any atom is 0.240 e. The number of nitrogen functional groups attached to an aromatic ring is 1. The van der Waals surface area contributed by atoms with Crippen LogP contribution in [0.1, 0.15) is 11.4 Å². The molecule has 1 rings (SSSR count). The van der Waals surface area contributed by atoms with Gasteiger partial charge < -0.3 is 11.1 Å². The predicted octanol–water partition coefficient (Wildman–Crippen LogP) is 0.458. The van der Waals surface area contributed by atoms with Crippen LogP contribution in [-0.4, -0.2) is 21.7 Å². The molecule has 0 aliphatic rings. The van der Waals surface area contributed by atoms with Gasteiger partial charge in [0.1, 0.15) is 0 Å². The van der Waals surface area contributed by atoms with Crippen LogP contribution in [0.4, 0.5) is 5.95 Å². The zero-order valence-corrected chi connectivity index (χ0v) is 8.61. The summed E-state index contributed by atoms with van der Waals surface area (Å²) in [6.07, 6.45) is 4.19. The molecule has 80 valence electrons. The number of aromatic nitrogens is 3. The van der Waals surface area contributed by atoms with E-state index in [1.165, 1.54) is 0 Å². The van der Waals surface area contributed by atoms with Crippen LogP contribution in [0.25, 0.3) is 0 Å². The van der Waals surface area contributed by atoms with E-state index in [0.29, 0.717) is 13.0 Å². The second-order valence-electron chi connectivity index (χ2n) is 2.98. The van der Waals surface area contributed by atoms with Crippen LogP contribution in [0.2, 0.25) is 0 Å². The van der Waals surface area contributed by atoms with Crippen LogP contribution in [0.5, 0.6) is 0 Å². The Morgan fingerprint density at radius 2 is 2.00 bits per heavy atom. The normalized spacial score (nSPS) is 9.87. The molecular formula is C10H15N5. The number of rotatable bonds is 6. The molecule has 1 aromatic heterocycles. The Morgan fingerprint density at radius 3 is 2.67 bits per heavy atom. The van der Waals surface area contributed by atoms with Gasteiger partial charge in [0.2, 0.25) is 5.95 Å². The highest BCUT2D eigenvalue weighted by molar-refractivity contribution is 5.20. The molecule has 0 aliphatic carbocycles. The topological polar surface area (TPSA) is 76.7 Å². The molecule has 5 heteroatoms. The fourth-order valence-electron chi connectivity index (χ4n) is 1.12. The Bertz CT molecular complexity index is 348. The molecule has 0 aliphatic heterocycles. The molecule has 0 fully saturated rings. The molecule has 0 spiro atoms. The second kappa shape index (κ2) is 5.87. The second-order valence-corrected chi connectivity index (χ2v) is 2.98. The summed E-state index contributed by atoms with van der Waals surface area (Å²) < 4.78 is 0. The standard InChI is InChI=1S/C10H15N5/c1-3-5-8-9(7-12-6-4-2)13-10(11)15-14-8/h3-4,12H,1-2,5-7H2,(H2,11,13,15). The number of nitrogens with two attached hydrogens (primary N) is 1. The quantitative estimate of drug-likeness (QED) is 0.521. The van der Waals surface area contributed by atoms with Gasteiger partial charge in [0.05, 0.1) is 11.4 Å². The van der Waals surface area contributed by atoms with Gasteiger partial charge in [-0.3, -0.25) is 0 Å². The molecule has 0 amide bonds. The number of allylic oxidation sites excluding steroid dienone is 1. The molecule has 15 heavy (non-hydrogen) atoms. The summed E-state index contributed by atoms with van der Waals surface area (Å²) in [7, 11) is 0. The van der Waals surface area contributed by atoms with Crippen molar-refractivity contribution >= 4 is 5.95 Å². The van der Waals surface area contributed by atoms with Crippen molar-refractivity contribution in [2.24, 2.45) is 0 Å². The molecule has 0 aromatic carbocycles. The van der Waals surface area contributed by atoms with Crippen molar-refractivity contribution in [2.45, 2.75) is 13.0 Å². The summed E-state index contributed by atoms with van der Waals surface area (Å²) in [6, 6.07) is 0. The van der Waals surface area contributed by atoms with E-state index in [-0.39, 0.29) is 5.95 Å². The molecular weight excluding hydrogens is 190 g/mol. The SMILES string of the molecule is C=CCNCc1nc(N)nnc1CC=C. The molecule has 0 bridgehead atoms. The van der Waals surface area contributed by atoms with Crippen LogP contribution in [0.15, 0.2) is 25.3 Å². The lowest BCUT2D eigenvalue weighted by atomic mass is 10.2. The summed E-state index contributed by atoms with van der Waals surface area (Å²) in [4.78, 5) is 4.12. The summed E-state index contributed by atoms with van der Waals surface area (Å²) in [5, 5.41) is 10.8. The average molecular weight is 205 g/mol. The lowest BCUT2D eigenvalue weighted by Gasteiger charge is -2.05. The minimum Gasteiger partial charge on any atom is -0.366 e. The minimum absolute atomic E-state index is 0.193. The van der Waals surface area contributed by atoms with E-state index in [1.54, 1.807) is 12.2 Å². The Hall–Kier alpha value is -1.75. The lowest BCUT2D eigenvalue weighted by molar-refractivity contribution is 0.714. The molecule has 0 saturated carbocycles. The Kier molecular flexibility index (Phi) is 4.43. The first kappa shape index (κ1) is 11.3. The molecule has 0 radical (unpaired) electrons. The van der Waals surface area contributed by atoms with Crippen molar-refractivity contribution in [3.63, 3.8) is 0 Å². The van der Waals surface area contributed by atoms with Crippen molar-refractivity contribution in [1.29, 1.82) is 0 Å². The number of nitrogens with zero attached hydrogens (tertiary/aromatic N) is 3. The smallest absolute Gasteiger partial charge is 0.240 e. The monoisotopic (exact) mass is 205 g/mol. The zero-order chi connectivity index (χ0) is 11.1. The van der Waals surface area contributed by atoms with Gasteiger partial charge in [-0.1, -0.05) is 12.2 Å². The first-order valence-corrected chi connectivity index (χ1v) is 4.68. The summed E-state index contributed by atoms with van der Waals surface area (Å²) in [5.74, 6) is 0.193. The largest absolute Gasteiger partial charge is 0.366 e. The Balaban J connectivity index is 2.76. The van der Waals surface area contributed by atoms with E-state index in [2.05, 4.69) is 33.7 Å². The van der Waals surface area contributed by atoms with Crippen molar-refractivity contribution in [3.8, 4) is 0 Å². The van der Waals surface area contributed by atoms with Crippen molar-refractivity contribution < 1.29 is 0 Å². The third-order valence-corrected chi connectivity index (χ3v) is 1.77. The first-order valence-electron chi connectivity index (χ1n) is 4.68. The molecule has 3 N–H and O–H groups in total. The third-order valence-electron chi connectivity index (χ3n) is 1.77. The van der Waals surface area contributed by atoms with Gasteiger partial charge in [-0.2, -0.15) is 0 Å². The molecule has 0 saturated heterocycles. The molecule has 0 unspecified atom stereocenters. The van der Waals surface area contributed by atoms with Crippen LogP contribution < -0.4 is 11.1 Å². The molecule has 1 aromatic rings. The van der Waals surface area contributed by atoms with E-state index < -0.39 is 0 Å². The maximum absolute atomic E-state index is 5.47. The van der Waals surface area contributed by atoms with Crippen LogP contribution in [-0.2, 0) is 13.0 Å². The molecule has 0 atom stereocenters.